The van der Waals surface area contributed by atoms with Crippen molar-refractivity contribution in [1.82, 2.24) is 0 Å². The van der Waals surface area contributed by atoms with Crippen LogP contribution in [0.15, 0.2) is 48.5 Å². The Morgan fingerprint density at radius 1 is 1.10 bits per heavy atom. The summed E-state index contributed by atoms with van der Waals surface area (Å²) < 4.78 is 41.1. The van der Waals surface area contributed by atoms with E-state index in [4.69, 9.17) is 0 Å². The number of hydrogen-bond acceptors (Lipinski definition) is 2. The first-order valence-electron chi connectivity index (χ1n) is 5.66. The van der Waals surface area contributed by atoms with Gasteiger partial charge in [-0.2, -0.15) is 8.78 Å². The predicted octanol–water partition coefficient (Wildman–Crippen LogP) is 3.68. The summed E-state index contributed by atoms with van der Waals surface area (Å²) >= 11 is 0. The Hall–Kier alpha value is -2.50. The summed E-state index contributed by atoms with van der Waals surface area (Å²) in [5, 5.41) is 2.51. The molecule has 0 atom stereocenters. The molecule has 104 valence electrons. The molecule has 6 heteroatoms. The number of benzene rings is 2. The molecule has 0 aliphatic heterocycles. The number of carbonyl (C=O) groups is 1. The van der Waals surface area contributed by atoms with Crippen molar-refractivity contribution in [3.8, 4) is 5.75 Å². The Balaban J connectivity index is 2.09. The number of rotatable bonds is 4. The van der Waals surface area contributed by atoms with Gasteiger partial charge >= 0.3 is 6.61 Å². The standard InChI is InChI=1S/C14H10F3NO2/c15-10-6-4-9(5-7-10)13(19)18-11-2-1-3-12(8-11)20-14(16)17/h1-8,14H,(H,18,19). The Morgan fingerprint density at radius 3 is 2.45 bits per heavy atom. The first kappa shape index (κ1) is 13.9. The fourth-order valence-electron chi connectivity index (χ4n) is 1.55. The average Bonchev–Trinajstić information content (AvgIpc) is 2.39. The molecule has 2 aromatic rings. The van der Waals surface area contributed by atoms with Crippen molar-refractivity contribution >= 4 is 11.6 Å². The van der Waals surface area contributed by atoms with Crippen molar-refractivity contribution in [3.63, 3.8) is 0 Å². The number of amides is 1. The zero-order valence-electron chi connectivity index (χ0n) is 10.1. The van der Waals surface area contributed by atoms with Gasteiger partial charge in [0.1, 0.15) is 11.6 Å². The Labute approximate surface area is 113 Å². The van der Waals surface area contributed by atoms with Crippen LogP contribution in [0.3, 0.4) is 0 Å². The first-order chi connectivity index (χ1) is 9.54. The highest BCUT2D eigenvalue weighted by molar-refractivity contribution is 6.04. The maximum absolute atomic E-state index is 12.7. The highest BCUT2D eigenvalue weighted by atomic mass is 19.3. The van der Waals surface area contributed by atoms with E-state index in [2.05, 4.69) is 10.1 Å². The highest BCUT2D eigenvalue weighted by Gasteiger charge is 2.08. The highest BCUT2D eigenvalue weighted by Crippen LogP contribution is 2.19. The second-order valence-electron chi connectivity index (χ2n) is 3.87. The molecule has 0 spiro atoms. The van der Waals surface area contributed by atoms with Crippen LogP contribution < -0.4 is 10.1 Å². The van der Waals surface area contributed by atoms with Crippen molar-refractivity contribution in [2.75, 3.05) is 5.32 Å². The summed E-state index contributed by atoms with van der Waals surface area (Å²) in [5.41, 5.74) is 0.559. The summed E-state index contributed by atoms with van der Waals surface area (Å²) in [4.78, 5) is 11.8. The first-order valence-corrected chi connectivity index (χ1v) is 5.66. The van der Waals surface area contributed by atoms with Crippen LogP contribution in [-0.4, -0.2) is 12.5 Å². The number of hydrogen-bond donors (Lipinski definition) is 1. The van der Waals surface area contributed by atoms with Gasteiger partial charge in [0.05, 0.1) is 0 Å². The van der Waals surface area contributed by atoms with Crippen molar-refractivity contribution < 1.29 is 22.7 Å². The maximum atomic E-state index is 12.7. The minimum Gasteiger partial charge on any atom is -0.435 e. The molecular formula is C14H10F3NO2. The average molecular weight is 281 g/mol. The summed E-state index contributed by atoms with van der Waals surface area (Å²) in [5.74, 6) is -0.981. The van der Waals surface area contributed by atoms with Crippen molar-refractivity contribution in [1.29, 1.82) is 0 Å². The van der Waals surface area contributed by atoms with E-state index in [-0.39, 0.29) is 11.3 Å². The van der Waals surface area contributed by atoms with Crippen molar-refractivity contribution in [2.45, 2.75) is 6.61 Å². The largest absolute Gasteiger partial charge is 0.435 e. The molecule has 0 saturated heterocycles. The van der Waals surface area contributed by atoms with Crippen LogP contribution in [0.5, 0.6) is 5.75 Å². The molecule has 0 aliphatic rings. The van der Waals surface area contributed by atoms with Crippen molar-refractivity contribution in [3.05, 3.63) is 59.9 Å². The molecule has 1 amide bonds. The lowest BCUT2D eigenvalue weighted by Crippen LogP contribution is -2.12. The molecule has 0 fully saturated rings. The number of halogens is 3. The zero-order chi connectivity index (χ0) is 14.5. The topological polar surface area (TPSA) is 38.3 Å². The van der Waals surface area contributed by atoms with Gasteiger partial charge in [-0.25, -0.2) is 4.39 Å². The molecule has 20 heavy (non-hydrogen) atoms. The van der Waals surface area contributed by atoms with Gasteiger partial charge in [0.2, 0.25) is 0 Å². The molecule has 0 unspecified atom stereocenters. The number of nitrogens with one attached hydrogen (secondary N) is 1. The molecule has 3 nitrogen and oxygen atoms in total. The van der Waals surface area contributed by atoms with E-state index in [1.165, 1.54) is 36.4 Å². The second kappa shape index (κ2) is 6.10. The van der Waals surface area contributed by atoms with Gasteiger partial charge in [0, 0.05) is 17.3 Å². The van der Waals surface area contributed by atoms with E-state index in [0.717, 1.165) is 12.1 Å². The van der Waals surface area contributed by atoms with Gasteiger partial charge in [0.15, 0.2) is 0 Å². The van der Waals surface area contributed by atoms with E-state index in [1.807, 2.05) is 0 Å². The molecule has 0 aromatic heterocycles. The Bertz CT molecular complexity index is 600. The fraction of sp³-hybridized carbons (Fsp3) is 0.0714. The van der Waals surface area contributed by atoms with Gasteiger partial charge < -0.3 is 10.1 Å². The summed E-state index contributed by atoms with van der Waals surface area (Å²) in [7, 11) is 0. The van der Waals surface area contributed by atoms with Gasteiger partial charge in [-0.3, -0.25) is 4.79 Å². The molecule has 0 radical (unpaired) electrons. The molecule has 0 heterocycles. The van der Waals surface area contributed by atoms with Crippen LogP contribution in [0, 0.1) is 5.82 Å². The van der Waals surface area contributed by atoms with Gasteiger partial charge in [-0.1, -0.05) is 6.07 Å². The third kappa shape index (κ3) is 3.74. The molecule has 0 saturated carbocycles. The summed E-state index contributed by atoms with van der Waals surface area (Å²) in [6.07, 6.45) is 0. The molecular weight excluding hydrogens is 271 g/mol. The quantitative estimate of drug-likeness (QED) is 0.928. The summed E-state index contributed by atoms with van der Waals surface area (Å²) in [6.45, 7) is -2.93. The SMILES string of the molecule is O=C(Nc1cccc(OC(F)F)c1)c1ccc(F)cc1. The minimum absolute atomic E-state index is 0.0584. The monoisotopic (exact) mass is 281 g/mol. The molecule has 0 aliphatic carbocycles. The smallest absolute Gasteiger partial charge is 0.387 e. The Kier molecular flexibility index (Phi) is 4.24. The maximum Gasteiger partial charge on any atom is 0.387 e. The van der Waals surface area contributed by atoms with Crippen LogP contribution in [0.25, 0.3) is 0 Å². The molecule has 0 bridgehead atoms. The van der Waals surface area contributed by atoms with E-state index < -0.39 is 18.3 Å². The van der Waals surface area contributed by atoms with E-state index >= 15 is 0 Å². The summed E-state index contributed by atoms with van der Waals surface area (Å²) in [6, 6.07) is 10.6. The zero-order valence-corrected chi connectivity index (χ0v) is 10.1. The molecule has 2 rings (SSSR count). The number of anilines is 1. The van der Waals surface area contributed by atoms with E-state index in [0.29, 0.717) is 5.69 Å². The van der Waals surface area contributed by atoms with E-state index in [1.54, 1.807) is 0 Å². The number of alkyl halides is 2. The third-order valence-electron chi connectivity index (χ3n) is 2.42. The van der Waals surface area contributed by atoms with Gasteiger partial charge in [-0.05, 0) is 36.4 Å². The fourth-order valence-corrected chi connectivity index (χ4v) is 1.55. The third-order valence-corrected chi connectivity index (χ3v) is 2.42. The van der Waals surface area contributed by atoms with Gasteiger partial charge in [-0.15, -0.1) is 0 Å². The van der Waals surface area contributed by atoms with Crippen LogP contribution in [0.1, 0.15) is 10.4 Å². The lowest BCUT2D eigenvalue weighted by atomic mass is 10.2. The normalized spacial score (nSPS) is 10.4. The Morgan fingerprint density at radius 2 is 1.80 bits per heavy atom. The second-order valence-corrected chi connectivity index (χ2v) is 3.87. The van der Waals surface area contributed by atoms with Crippen LogP contribution >= 0.6 is 0 Å². The lowest BCUT2D eigenvalue weighted by molar-refractivity contribution is -0.0497. The number of ether oxygens (including phenoxy) is 1. The lowest BCUT2D eigenvalue weighted by Gasteiger charge is -2.08. The number of carbonyl (C=O) groups excluding carboxylic acids is 1. The van der Waals surface area contributed by atoms with E-state index in [9.17, 15) is 18.0 Å². The van der Waals surface area contributed by atoms with Gasteiger partial charge in [0.25, 0.3) is 5.91 Å². The van der Waals surface area contributed by atoms with Crippen LogP contribution in [0.2, 0.25) is 0 Å². The molecule has 1 N–H and O–H groups in total. The predicted molar refractivity (Wildman–Crippen MR) is 67.4 cm³/mol. The van der Waals surface area contributed by atoms with Crippen LogP contribution in [0.4, 0.5) is 18.9 Å². The minimum atomic E-state index is -2.93. The van der Waals surface area contributed by atoms with Crippen molar-refractivity contribution in [2.24, 2.45) is 0 Å². The van der Waals surface area contributed by atoms with Crippen LogP contribution in [-0.2, 0) is 0 Å². The molecule has 2 aromatic carbocycles.